The molecule has 0 spiro atoms. The molecule has 1 aromatic heterocycles. The molecule has 6 nitrogen and oxygen atoms in total. The fourth-order valence-electron chi connectivity index (χ4n) is 3.24. The van der Waals surface area contributed by atoms with Gasteiger partial charge in [-0.2, -0.15) is 13.2 Å². The SMILES string of the molecule is COc1ccc(CCN2CCN(C(=O)c3cnc(OCC(F)(F)F)c(Cl)c3)CC2)cc1. The Morgan fingerprint density at radius 1 is 1.16 bits per heavy atom. The second-order valence-corrected chi connectivity index (χ2v) is 7.55. The molecule has 0 unspecified atom stereocenters. The molecule has 1 saturated heterocycles. The summed E-state index contributed by atoms with van der Waals surface area (Å²) >= 11 is 5.94. The van der Waals surface area contributed by atoms with Gasteiger partial charge in [0.1, 0.15) is 10.8 Å². The predicted octanol–water partition coefficient (Wildman–Crippen LogP) is 3.69. The van der Waals surface area contributed by atoms with Gasteiger partial charge in [-0.1, -0.05) is 23.7 Å². The van der Waals surface area contributed by atoms with Crippen molar-refractivity contribution in [3.8, 4) is 11.6 Å². The number of piperazine rings is 1. The van der Waals surface area contributed by atoms with Gasteiger partial charge in [0.2, 0.25) is 5.88 Å². The average Bonchev–Trinajstić information content (AvgIpc) is 2.76. The number of benzene rings is 1. The summed E-state index contributed by atoms with van der Waals surface area (Å²) in [6, 6.07) is 9.24. The highest BCUT2D eigenvalue weighted by Crippen LogP contribution is 2.25. The van der Waals surface area contributed by atoms with E-state index in [1.807, 2.05) is 24.3 Å². The fraction of sp³-hybridized carbons (Fsp3) is 0.429. The van der Waals surface area contributed by atoms with E-state index in [9.17, 15) is 18.0 Å². The van der Waals surface area contributed by atoms with Crippen molar-refractivity contribution in [3.63, 3.8) is 0 Å². The van der Waals surface area contributed by atoms with Gasteiger partial charge in [-0.3, -0.25) is 9.69 Å². The first-order valence-electron chi connectivity index (χ1n) is 9.75. The van der Waals surface area contributed by atoms with Crippen molar-refractivity contribution in [2.45, 2.75) is 12.6 Å². The van der Waals surface area contributed by atoms with E-state index in [0.717, 1.165) is 31.8 Å². The molecule has 0 saturated carbocycles. The molecule has 1 amide bonds. The fourth-order valence-corrected chi connectivity index (χ4v) is 3.46. The number of alkyl halides is 3. The van der Waals surface area contributed by atoms with Gasteiger partial charge in [0, 0.05) is 38.9 Å². The Kier molecular flexibility index (Phi) is 7.61. The van der Waals surface area contributed by atoms with E-state index in [0.29, 0.717) is 13.1 Å². The molecule has 2 aromatic rings. The van der Waals surface area contributed by atoms with E-state index in [-0.39, 0.29) is 22.4 Å². The number of nitrogens with zero attached hydrogens (tertiary/aromatic N) is 3. The number of carbonyl (C=O) groups excluding carboxylic acids is 1. The lowest BCUT2D eigenvalue weighted by Crippen LogP contribution is -2.49. The highest BCUT2D eigenvalue weighted by Gasteiger charge is 2.29. The van der Waals surface area contributed by atoms with E-state index in [1.165, 1.54) is 17.8 Å². The molecule has 0 bridgehead atoms. The number of methoxy groups -OCH3 is 1. The quantitative estimate of drug-likeness (QED) is 0.635. The molecule has 0 aliphatic carbocycles. The number of pyridine rings is 1. The van der Waals surface area contributed by atoms with Crippen molar-refractivity contribution in [1.82, 2.24) is 14.8 Å². The molecule has 3 rings (SSSR count). The lowest BCUT2D eigenvalue weighted by atomic mass is 10.1. The third-order valence-corrected chi connectivity index (χ3v) is 5.23. The van der Waals surface area contributed by atoms with Crippen LogP contribution in [0.2, 0.25) is 5.02 Å². The van der Waals surface area contributed by atoms with Crippen LogP contribution < -0.4 is 9.47 Å². The van der Waals surface area contributed by atoms with Crippen molar-refractivity contribution in [1.29, 1.82) is 0 Å². The van der Waals surface area contributed by atoms with E-state index in [1.54, 1.807) is 12.0 Å². The summed E-state index contributed by atoms with van der Waals surface area (Å²) in [6.45, 7) is 1.95. The van der Waals surface area contributed by atoms with Crippen LogP contribution in [0.3, 0.4) is 0 Å². The Morgan fingerprint density at radius 2 is 1.84 bits per heavy atom. The third-order valence-electron chi connectivity index (χ3n) is 4.96. The van der Waals surface area contributed by atoms with Crippen LogP contribution in [0, 0.1) is 0 Å². The molecule has 1 aliphatic rings. The Bertz CT molecular complexity index is 886. The van der Waals surface area contributed by atoms with Crippen molar-refractivity contribution >= 4 is 17.5 Å². The minimum atomic E-state index is -4.49. The minimum absolute atomic E-state index is 0.131. The van der Waals surface area contributed by atoms with Gasteiger partial charge in [0.05, 0.1) is 12.7 Å². The topological polar surface area (TPSA) is 54.9 Å². The number of hydrogen-bond acceptors (Lipinski definition) is 5. The van der Waals surface area contributed by atoms with E-state index < -0.39 is 12.8 Å². The third kappa shape index (κ3) is 6.73. The molecule has 0 radical (unpaired) electrons. The standard InChI is InChI=1S/C21H23ClF3N3O3/c1-30-17-4-2-15(3-5-17)6-7-27-8-10-28(11-9-27)20(29)16-12-18(22)19(26-13-16)31-14-21(23,24)25/h2-5,12-13H,6-11,14H2,1H3. The van der Waals surface area contributed by atoms with Gasteiger partial charge < -0.3 is 14.4 Å². The number of halogens is 4. The van der Waals surface area contributed by atoms with Crippen molar-refractivity contribution < 1.29 is 27.4 Å². The largest absolute Gasteiger partial charge is 0.497 e. The molecule has 0 N–H and O–H groups in total. The van der Waals surface area contributed by atoms with Crippen LogP contribution in [0.4, 0.5) is 13.2 Å². The zero-order valence-corrected chi connectivity index (χ0v) is 17.7. The molecular formula is C21H23ClF3N3O3. The lowest BCUT2D eigenvalue weighted by molar-refractivity contribution is -0.154. The number of ether oxygens (including phenoxy) is 2. The maximum absolute atomic E-state index is 12.7. The summed E-state index contributed by atoms with van der Waals surface area (Å²) in [5.74, 6) is 0.218. The molecule has 31 heavy (non-hydrogen) atoms. The normalized spacial score (nSPS) is 15.1. The first kappa shape index (κ1) is 23.1. The van der Waals surface area contributed by atoms with Gasteiger partial charge >= 0.3 is 6.18 Å². The molecule has 0 atom stereocenters. The van der Waals surface area contributed by atoms with Crippen LogP contribution in [0.25, 0.3) is 0 Å². The Morgan fingerprint density at radius 3 is 2.42 bits per heavy atom. The van der Waals surface area contributed by atoms with Gasteiger partial charge in [0.25, 0.3) is 5.91 Å². The molecule has 1 aliphatic heterocycles. The molecule has 10 heteroatoms. The monoisotopic (exact) mass is 457 g/mol. The Labute approximate surface area is 183 Å². The number of hydrogen-bond donors (Lipinski definition) is 0. The molecule has 1 aromatic carbocycles. The van der Waals surface area contributed by atoms with E-state index in [2.05, 4.69) is 14.6 Å². The number of amides is 1. The van der Waals surface area contributed by atoms with Crippen molar-refractivity contribution in [3.05, 3.63) is 52.7 Å². The number of rotatable bonds is 7. The van der Waals surface area contributed by atoms with Crippen LogP contribution in [0.1, 0.15) is 15.9 Å². The highest BCUT2D eigenvalue weighted by atomic mass is 35.5. The first-order chi connectivity index (χ1) is 14.7. The van der Waals surface area contributed by atoms with Crippen LogP contribution >= 0.6 is 11.6 Å². The van der Waals surface area contributed by atoms with Gasteiger partial charge in [-0.25, -0.2) is 4.98 Å². The zero-order chi connectivity index (χ0) is 22.4. The Hall–Kier alpha value is -2.52. The van der Waals surface area contributed by atoms with E-state index in [4.69, 9.17) is 16.3 Å². The highest BCUT2D eigenvalue weighted by molar-refractivity contribution is 6.32. The molecule has 168 valence electrons. The van der Waals surface area contributed by atoms with Crippen LogP contribution in [0.15, 0.2) is 36.5 Å². The summed E-state index contributed by atoms with van der Waals surface area (Å²) in [5.41, 5.74) is 1.43. The van der Waals surface area contributed by atoms with Crippen LogP contribution in [-0.2, 0) is 6.42 Å². The van der Waals surface area contributed by atoms with Crippen LogP contribution in [-0.4, -0.2) is 73.3 Å². The van der Waals surface area contributed by atoms with E-state index >= 15 is 0 Å². The van der Waals surface area contributed by atoms with Crippen molar-refractivity contribution in [2.24, 2.45) is 0 Å². The summed E-state index contributed by atoms with van der Waals surface area (Å²) < 4.78 is 46.5. The van der Waals surface area contributed by atoms with Crippen LogP contribution in [0.5, 0.6) is 11.6 Å². The second kappa shape index (κ2) is 10.2. The maximum Gasteiger partial charge on any atom is 0.422 e. The minimum Gasteiger partial charge on any atom is -0.497 e. The molecular weight excluding hydrogens is 435 g/mol. The summed E-state index contributed by atoms with van der Waals surface area (Å²) in [7, 11) is 1.63. The second-order valence-electron chi connectivity index (χ2n) is 7.15. The number of carbonyl (C=O) groups is 1. The smallest absolute Gasteiger partial charge is 0.422 e. The van der Waals surface area contributed by atoms with Crippen molar-refractivity contribution in [2.75, 3.05) is 46.4 Å². The Balaban J connectivity index is 1.48. The van der Waals surface area contributed by atoms with Gasteiger partial charge in [0.15, 0.2) is 6.61 Å². The maximum atomic E-state index is 12.7. The van der Waals surface area contributed by atoms with Gasteiger partial charge in [-0.15, -0.1) is 0 Å². The van der Waals surface area contributed by atoms with Gasteiger partial charge in [-0.05, 0) is 30.2 Å². The average molecular weight is 458 g/mol. The predicted molar refractivity (Wildman–Crippen MR) is 110 cm³/mol. The lowest BCUT2D eigenvalue weighted by Gasteiger charge is -2.34. The summed E-state index contributed by atoms with van der Waals surface area (Å²) in [6.07, 6.45) is -2.40. The number of aromatic nitrogens is 1. The zero-order valence-electron chi connectivity index (χ0n) is 17.0. The molecule has 2 heterocycles. The summed E-state index contributed by atoms with van der Waals surface area (Å²) in [5, 5.41) is -0.131. The first-order valence-corrected chi connectivity index (χ1v) is 10.1. The molecule has 1 fully saturated rings. The summed E-state index contributed by atoms with van der Waals surface area (Å²) in [4.78, 5) is 20.4.